The molecule has 110 valence electrons. The minimum atomic E-state index is -3.38. The van der Waals surface area contributed by atoms with Crippen LogP contribution in [0.4, 0.5) is 5.69 Å². The first kappa shape index (κ1) is 14.8. The molecule has 1 amide bonds. The van der Waals surface area contributed by atoms with E-state index in [4.69, 9.17) is 5.73 Å². The quantitative estimate of drug-likeness (QED) is 0.826. The van der Waals surface area contributed by atoms with Gasteiger partial charge in [-0.2, -0.15) is 0 Å². The molecule has 1 saturated carbocycles. The Hall–Kier alpha value is -1.56. The SMILES string of the molecule is CC(NC(=O)c1cc(N)cc(S(C)(=O)=O)c1)C1CCC1. The van der Waals surface area contributed by atoms with Crippen LogP contribution < -0.4 is 11.1 Å². The molecule has 0 aliphatic heterocycles. The van der Waals surface area contributed by atoms with Crippen LogP contribution >= 0.6 is 0 Å². The van der Waals surface area contributed by atoms with Gasteiger partial charge in [-0.25, -0.2) is 8.42 Å². The molecule has 3 N–H and O–H groups in total. The average Bonchev–Trinajstić information content (AvgIpc) is 2.24. The molecule has 1 unspecified atom stereocenters. The fraction of sp³-hybridized carbons (Fsp3) is 0.500. The topological polar surface area (TPSA) is 89.3 Å². The van der Waals surface area contributed by atoms with Crippen molar-refractivity contribution in [2.75, 3.05) is 12.0 Å². The van der Waals surface area contributed by atoms with Crippen LogP contribution in [0.1, 0.15) is 36.5 Å². The lowest BCUT2D eigenvalue weighted by Crippen LogP contribution is -2.40. The molecule has 1 aliphatic carbocycles. The summed E-state index contributed by atoms with van der Waals surface area (Å²) in [6.45, 7) is 1.98. The van der Waals surface area contributed by atoms with Crippen molar-refractivity contribution in [3.63, 3.8) is 0 Å². The number of nitrogens with one attached hydrogen (secondary N) is 1. The zero-order valence-corrected chi connectivity index (χ0v) is 12.5. The Morgan fingerprint density at radius 2 is 2.00 bits per heavy atom. The summed E-state index contributed by atoms with van der Waals surface area (Å²) in [5.74, 6) is 0.246. The van der Waals surface area contributed by atoms with Crippen LogP contribution in [-0.2, 0) is 9.84 Å². The largest absolute Gasteiger partial charge is 0.399 e. The Morgan fingerprint density at radius 1 is 1.35 bits per heavy atom. The summed E-state index contributed by atoms with van der Waals surface area (Å²) in [5.41, 5.74) is 6.24. The van der Waals surface area contributed by atoms with Gasteiger partial charge in [-0.15, -0.1) is 0 Å². The predicted octanol–water partition coefficient (Wildman–Crippen LogP) is 1.59. The highest BCUT2D eigenvalue weighted by atomic mass is 32.2. The number of amides is 1. The number of anilines is 1. The van der Waals surface area contributed by atoms with E-state index in [9.17, 15) is 13.2 Å². The number of benzene rings is 1. The fourth-order valence-electron chi connectivity index (χ4n) is 2.32. The van der Waals surface area contributed by atoms with Crippen LogP contribution in [0.25, 0.3) is 0 Å². The fourth-order valence-corrected chi connectivity index (χ4v) is 3.01. The Morgan fingerprint density at radius 3 is 2.50 bits per heavy atom. The van der Waals surface area contributed by atoms with E-state index in [0.717, 1.165) is 19.1 Å². The lowest BCUT2D eigenvalue weighted by molar-refractivity contribution is 0.0909. The van der Waals surface area contributed by atoms with Gasteiger partial charge in [0.15, 0.2) is 9.84 Å². The van der Waals surface area contributed by atoms with Crippen molar-refractivity contribution in [2.24, 2.45) is 5.92 Å². The van der Waals surface area contributed by atoms with Gasteiger partial charge in [0.2, 0.25) is 0 Å². The van der Waals surface area contributed by atoms with Crippen LogP contribution in [0.15, 0.2) is 23.1 Å². The van der Waals surface area contributed by atoms with Crippen molar-refractivity contribution in [1.29, 1.82) is 0 Å². The van der Waals surface area contributed by atoms with Crippen LogP contribution in [-0.4, -0.2) is 26.6 Å². The van der Waals surface area contributed by atoms with Gasteiger partial charge in [-0.1, -0.05) is 6.42 Å². The van der Waals surface area contributed by atoms with E-state index < -0.39 is 9.84 Å². The van der Waals surface area contributed by atoms with E-state index in [1.54, 1.807) is 0 Å². The molecule has 1 aromatic carbocycles. The molecular formula is C14H20N2O3S. The van der Waals surface area contributed by atoms with Crippen molar-refractivity contribution in [3.05, 3.63) is 23.8 Å². The summed E-state index contributed by atoms with van der Waals surface area (Å²) < 4.78 is 23.1. The molecule has 1 aromatic rings. The third-order valence-corrected chi connectivity index (χ3v) is 4.93. The Labute approximate surface area is 119 Å². The molecule has 1 aliphatic rings. The summed E-state index contributed by atoms with van der Waals surface area (Å²) in [5, 5.41) is 2.91. The lowest BCUT2D eigenvalue weighted by Gasteiger charge is -2.31. The van der Waals surface area contributed by atoms with Gasteiger partial charge in [-0.3, -0.25) is 4.79 Å². The minimum Gasteiger partial charge on any atom is -0.399 e. The zero-order valence-electron chi connectivity index (χ0n) is 11.7. The molecule has 2 rings (SSSR count). The Balaban J connectivity index is 2.19. The first-order valence-corrected chi connectivity index (χ1v) is 8.58. The number of carbonyl (C=O) groups excluding carboxylic acids is 1. The maximum Gasteiger partial charge on any atom is 0.251 e. The summed E-state index contributed by atoms with van der Waals surface area (Å²) in [7, 11) is -3.38. The van der Waals surface area contributed by atoms with Crippen LogP contribution in [0.2, 0.25) is 0 Å². The zero-order chi connectivity index (χ0) is 14.9. The second-order valence-electron chi connectivity index (χ2n) is 5.52. The Bertz CT molecular complexity index is 621. The molecule has 0 spiro atoms. The molecule has 0 saturated heterocycles. The van der Waals surface area contributed by atoms with Crippen molar-refractivity contribution < 1.29 is 13.2 Å². The molecule has 0 heterocycles. The number of hydrogen-bond acceptors (Lipinski definition) is 4. The predicted molar refractivity (Wildman–Crippen MR) is 78.2 cm³/mol. The summed E-state index contributed by atoms with van der Waals surface area (Å²) in [4.78, 5) is 12.2. The highest BCUT2D eigenvalue weighted by molar-refractivity contribution is 7.90. The number of sulfone groups is 1. The standard InChI is InChI=1S/C14H20N2O3S/c1-9(10-4-3-5-10)16-14(17)11-6-12(15)8-13(7-11)20(2,18)19/h6-10H,3-5,15H2,1-2H3,(H,16,17). The monoisotopic (exact) mass is 296 g/mol. The van der Waals surface area contributed by atoms with Gasteiger partial charge in [0.25, 0.3) is 5.91 Å². The molecule has 1 atom stereocenters. The third-order valence-electron chi connectivity index (χ3n) is 3.83. The molecular weight excluding hydrogens is 276 g/mol. The first-order chi connectivity index (χ1) is 9.27. The first-order valence-electron chi connectivity index (χ1n) is 6.69. The van der Waals surface area contributed by atoms with Crippen LogP contribution in [0.5, 0.6) is 0 Å². The van der Waals surface area contributed by atoms with Crippen molar-refractivity contribution in [2.45, 2.75) is 37.1 Å². The van der Waals surface area contributed by atoms with Gasteiger partial charge in [0.05, 0.1) is 4.90 Å². The Kier molecular flexibility index (Phi) is 4.04. The normalized spacial score (nSPS) is 17.3. The smallest absolute Gasteiger partial charge is 0.251 e. The molecule has 0 aromatic heterocycles. The number of rotatable bonds is 4. The molecule has 0 radical (unpaired) electrons. The van der Waals surface area contributed by atoms with E-state index in [2.05, 4.69) is 5.32 Å². The second-order valence-corrected chi connectivity index (χ2v) is 7.53. The number of hydrogen-bond donors (Lipinski definition) is 2. The molecule has 6 heteroatoms. The van der Waals surface area contributed by atoms with Crippen molar-refractivity contribution in [1.82, 2.24) is 5.32 Å². The van der Waals surface area contributed by atoms with Crippen LogP contribution in [0, 0.1) is 5.92 Å². The van der Waals surface area contributed by atoms with Gasteiger partial charge in [0.1, 0.15) is 0 Å². The van der Waals surface area contributed by atoms with E-state index in [0.29, 0.717) is 5.92 Å². The number of carbonyl (C=O) groups is 1. The molecule has 1 fully saturated rings. The van der Waals surface area contributed by atoms with Gasteiger partial charge >= 0.3 is 0 Å². The van der Waals surface area contributed by atoms with E-state index in [-0.39, 0.29) is 28.1 Å². The third kappa shape index (κ3) is 3.30. The van der Waals surface area contributed by atoms with Gasteiger partial charge in [-0.05, 0) is 43.9 Å². The maximum absolute atomic E-state index is 12.2. The van der Waals surface area contributed by atoms with E-state index >= 15 is 0 Å². The highest BCUT2D eigenvalue weighted by Crippen LogP contribution is 2.29. The molecule has 20 heavy (non-hydrogen) atoms. The van der Waals surface area contributed by atoms with Gasteiger partial charge < -0.3 is 11.1 Å². The van der Waals surface area contributed by atoms with E-state index in [1.165, 1.54) is 24.6 Å². The summed E-state index contributed by atoms with van der Waals surface area (Å²) in [6.07, 6.45) is 4.57. The van der Waals surface area contributed by atoms with Crippen molar-refractivity contribution >= 4 is 21.4 Å². The molecule has 0 bridgehead atoms. The summed E-state index contributed by atoms with van der Waals surface area (Å²) >= 11 is 0. The average molecular weight is 296 g/mol. The number of nitrogen functional groups attached to an aromatic ring is 1. The number of nitrogens with two attached hydrogens (primary N) is 1. The highest BCUT2D eigenvalue weighted by Gasteiger charge is 2.25. The summed E-state index contributed by atoms with van der Waals surface area (Å²) in [6, 6.07) is 4.33. The maximum atomic E-state index is 12.2. The second kappa shape index (κ2) is 5.44. The molecule has 5 nitrogen and oxygen atoms in total. The van der Waals surface area contributed by atoms with Gasteiger partial charge in [0, 0.05) is 23.5 Å². The van der Waals surface area contributed by atoms with E-state index in [1.807, 2.05) is 6.92 Å². The minimum absolute atomic E-state index is 0.0685. The van der Waals surface area contributed by atoms with Crippen LogP contribution in [0.3, 0.4) is 0 Å². The lowest BCUT2D eigenvalue weighted by atomic mass is 9.80. The van der Waals surface area contributed by atoms with Crippen molar-refractivity contribution in [3.8, 4) is 0 Å².